The van der Waals surface area contributed by atoms with Gasteiger partial charge in [0.05, 0.1) is 5.41 Å². The van der Waals surface area contributed by atoms with Gasteiger partial charge in [-0.1, -0.05) is 6.42 Å². The highest BCUT2D eigenvalue weighted by Crippen LogP contribution is 2.25. The van der Waals surface area contributed by atoms with Crippen molar-refractivity contribution in [2.24, 2.45) is 11.3 Å². The molecule has 1 heterocycles. The van der Waals surface area contributed by atoms with E-state index in [2.05, 4.69) is 10.3 Å². The second kappa shape index (κ2) is 6.33. The largest absolute Gasteiger partial charge is 0.396 e. The highest BCUT2D eigenvalue weighted by Gasteiger charge is 2.33. The lowest BCUT2D eigenvalue weighted by Crippen LogP contribution is -2.51. The first-order valence-electron chi connectivity index (χ1n) is 6.37. The molecule has 0 radical (unpaired) electrons. The zero-order valence-electron chi connectivity index (χ0n) is 10.9. The molecule has 1 rings (SSSR count). The average Bonchev–Trinajstić information content (AvgIpc) is 2.30. The van der Waals surface area contributed by atoms with Crippen molar-refractivity contribution < 1.29 is 9.90 Å². The summed E-state index contributed by atoms with van der Waals surface area (Å²) in [5.74, 6) is 5.07. The number of amides is 1. The van der Waals surface area contributed by atoms with E-state index in [1.165, 1.54) is 12.8 Å². The van der Waals surface area contributed by atoms with Gasteiger partial charge in [-0.2, -0.15) is 0 Å². The number of hydrogen-bond acceptors (Lipinski definition) is 4. The monoisotopic (exact) mass is 243 g/mol. The fourth-order valence-corrected chi connectivity index (χ4v) is 2.52. The molecule has 100 valence electrons. The predicted octanol–water partition coefficient (Wildman–Crippen LogP) is 0.239. The van der Waals surface area contributed by atoms with Crippen LogP contribution in [0.1, 0.15) is 39.5 Å². The third kappa shape index (κ3) is 3.94. The van der Waals surface area contributed by atoms with Crippen molar-refractivity contribution in [1.29, 1.82) is 0 Å². The molecule has 0 aromatic heterocycles. The predicted molar refractivity (Wildman–Crippen MR) is 67.0 cm³/mol. The lowest BCUT2D eigenvalue weighted by Gasteiger charge is -2.39. The lowest BCUT2D eigenvalue weighted by molar-refractivity contribution is -0.131. The number of carbonyl (C=O) groups is 1. The summed E-state index contributed by atoms with van der Waals surface area (Å²) in [5.41, 5.74) is 1.74. The number of nitrogens with two attached hydrogens (primary N) is 1. The van der Waals surface area contributed by atoms with Gasteiger partial charge in [0.15, 0.2) is 0 Å². The molecule has 1 aliphatic heterocycles. The van der Waals surface area contributed by atoms with Crippen molar-refractivity contribution in [3.05, 3.63) is 0 Å². The van der Waals surface area contributed by atoms with Crippen LogP contribution in [-0.2, 0) is 4.79 Å². The van der Waals surface area contributed by atoms with Gasteiger partial charge >= 0.3 is 0 Å². The van der Waals surface area contributed by atoms with E-state index in [0.717, 1.165) is 19.4 Å². The topological polar surface area (TPSA) is 78.6 Å². The minimum Gasteiger partial charge on any atom is -0.396 e. The molecule has 17 heavy (non-hydrogen) atoms. The van der Waals surface area contributed by atoms with Crippen LogP contribution >= 0.6 is 0 Å². The molecule has 4 N–H and O–H groups in total. The molecule has 0 aromatic carbocycles. The Bertz CT molecular complexity index is 254. The Hall–Kier alpha value is -0.650. The summed E-state index contributed by atoms with van der Waals surface area (Å²) < 4.78 is 0. The van der Waals surface area contributed by atoms with Crippen LogP contribution in [0.4, 0.5) is 0 Å². The molecule has 0 spiro atoms. The minimum absolute atomic E-state index is 0.133. The summed E-state index contributed by atoms with van der Waals surface area (Å²) in [6.45, 7) is 5.72. The lowest BCUT2D eigenvalue weighted by atomic mass is 9.89. The van der Waals surface area contributed by atoms with Crippen LogP contribution in [-0.4, -0.2) is 41.7 Å². The first-order chi connectivity index (χ1) is 8.01. The first kappa shape index (κ1) is 14.4. The summed E-state index contributed by atoms with van der Waals surface area (Å²) in [5, 5.41) is 9.06. The summed E-state index contributed by atoms with van der Waals surface area (Å²) in [7, 11) is 0. The maximum Gasteiger partial charge on any atom is 0.240 e. The van der Waals surface area contributed by atoms with Gasteiger partial charge in [-0.25, -0.2) is 5.84 Å². The molecule has 1 saturated heterocycles. The number of hydrogen-bond donors (Lipinski definition) is 3. The van der Waals surface area contributed by atoms with E-state index in [1.807, 2.05) is 13.8 Å². The molecular weight excluding hydrogens is 218 g/mol. The number of nitrogens with zero attached hydrogens (tertiary/aromatic N) is 1. The van der Waals surface area contributed by atoms with E-state index in [0.29, 0.717) is 12.6 Å². The zero-order chi connectivity index (χ0) is 12.9. The maximum atomic E-state index is 11.7. The number of carbonyl (C=O) groups excluding carboxylic acids is 1. The molecule has 1 atom stereocenters. The summed E-state index contributed by atoms with van der Waals surface area (Å²) >= 11 is 0. The average molecular weight is 243 g/mol. The van der Waals surface area contributed by atoms with E-state index in [-0.39, 0.29) is 12.5 Å². The van der Waals surface area contributed by atoms with Crippen LogP contribution in [0.15, 0.2) is 0 Å². The molecule has 5 nitrogen and oxygen atoms in total. The molecule has 1 aliphatic rings. The van der Waals surface area contributed by atoms with Gasteiger partial charge in [0.1, 0.15) is 0 Å². The van der Waals surface area contributed by atoms with Gasteiger partial charge in [-0.3, -0.25) is 15.1 Å². The number of nitrogens with one attached hydrogen (secondary N) is 1. The van der Waals surface area contributed by atoms with Gasteiger partial charge in [0.25, 0.3) is 0 Å². The van der Waals surface area contributed by atoms with Crippen molar-refractivity contribution in [3.8, 4) is 0 Å². The van der Waals surface area contributed by atoms with Gasteiger partial charge in [-0.15, -0.1) is 0 Å². The second-order valence-electron chi connectivity index (χ2n) is 5.49. The van der Waals surface area contributed by atoms with Crippen LogP contribution in [0.3, 0.4) is 0 Å². The number of rotatable bonds is 5. The van der Waals surface area contributed by atoms with Gasteiger partial charge < -0.3 is 5.11 Å². The van der Waals surface area contributed by atoms with Crippen molar-refractivity contribution in [2.45, 2.75) is 45.6 Å². The van der Waals surface area contributed by atoms with E-state index < -0.39 is 5.41 Å². The highest BCUT2D eigenvalue weighted by atomic mass is 16.3. The molecule has 1 fully saturated rings. The molecule has 0 saturated carbocycles. The molecule has 5 heteroatoms. The van der Waals surface area contributed by atoms with E-state index >= 15 is 0 Å². The van der Waals surface area contributed by atoms with Gasteiger partial charge in [0.2, 0.25) is 5.91 Å². The minimum atomic E-state index is -0.486. The van der Waals surface area contributed by atoms with Crippen LogP contribution < -0.4 is 11.3 Å². The van der Waals surface area contributed by atoms with Crippen LogP contribution in [0.2, 0.25) is 0 Å². The van der Waals surface area contributed by atoms with Crippen molar-refractivity contribution >= 4 is 5.91 Å². The number of aliphatic hydroxyl groups excluding tert-OH is 1. The fourth-order valence-electron chi connectivity index (χ4n) is 2.52. The summed E-state index contributed by atoms with van der Waals surface area (Å²) in [6.07, 6.45) is 4.29. The van der Waals surface area contributed by atoms with Crippen molar-refractivity contribution in [1.82, 2.24) is 10.3 Å². The zero-order valence-corrected chi connectivity index (χ0v) is 10.9. The van der Waals surface area contributed by atoms with Crippen LogP contribution in [0.25, 0.3) is 0 Å². The molecule has 1 unspecified atom stereocenters. The van der Waals surface area contributed by atoms with E-state index in [4.69, 9.17) is 10.9 Å². The Morgan fingerprint density at radius 3 is 2.82 bits per heavy atom. The van der Waals surface area contributed by atoms with Crippen molar-refractivity contribution in [3.63, 3.8) is 0 Å². The van der Waals surface area contributed by atoms with Crippen molar-refractivity contribution in [2.75, 3.05) is 19.7 Å². The normalized spacial score (nSPS) is 22.5. The van der Waals surface area contributed by atoms with Crippen LogP contribution in [0, 0.1) is 5.41 Å². The maximum absolute atomic E-state index is 11.7. The van der Waals surface area contributed by atoms with E-state index in [1.54, 1.807) is 0 Å². The quantitative estimate of drug-likeness (QED) is 0.367. The van der Waals surface area contributed by atoms with E-state index in [9.17, 15) is 4.79 Å². The standard InChI is InChI=1S/C12H25N3O2/c1-12(2,11(17)14-13)9-15-7-4-3-5-10(15)6-8-16/h10,16H,3-9,13H2,1-2H3,(H,14,17). The van der Waals surface area contributed by atoms with Crippen LogP contribution in [0.5, 0.6) is 0 Å². The number of aliphatic hydroxyl groups is 1. The highest BCUT2D eigenvalue weighted by molar-refractivity contribution is 5.81. The Labute approximate surface area is 103 Å². The fraction of sp³-hybridized carbons (Fsp3) is 0.917. The second-order valence-corrected chi connectivity index (χ2v) is 5.49. The Morgan fingerprint density at radius 2 is 2.24 bits per heavy atom. The molecule has 0 bridgehead atoms. The first-order valence-corrected chi connectivity index (χ1v) is 6.37. The molecular formula is C12H25N3O2. The third-order valence-corrected chi connectivity index (χ3v) is 3.56. The smallest absolute Gasteiger partial charge is 0.240 e. The number of hydrazine groups is 1. The Balaban J connectivity index is 2.60. The SMILES string of the molecule is CC(C)(CN1CCCCC1CCO)C(=O)NN. The summed E-state index contributed by atoms with van der Waals surface area (Å²) in [4.78, 5) is 14.0. The molecule has 0 aliphatic carbocycles. The number of piperidine rings is 1. The summed E-state index contributed by atoms with van der Waals surface area (Å²) in [6, 6.07) is 0.401. The third-order valence-electron chi connectivity index (χ3n) is 3.56. The van der Waals surface area contributed by atoms with Gasteiger partial charge in [-0.05, 0) is 39.7 Å². The molecule has 1 amide bonds. The molecule has 0 aromatic rings. The number of likely N-dealkylation sites (tertiary alicyclic amines) is 1. The Morgan fingerprint density at radius 1 is 1.53 bits per heavy atom. The van der Waals surface area contributed by atoms with Gasteiger partial charge in [0, 0.05) is 19.2 Å². The Kier molecular flexibility index (Phi) is 5.36.